The minimum absolute atomic E-state index is 0.0315. The van der Waals surface area contributed by atoms with Crippen molar-refractivity contribution in [3.63, 3.8) is 0 Å². The molecule has 1 fully saturated rings. The second kappa shape index (κ2) is 8.17. The van der Waals surface area contributed by atoms with Gasteiger partial charge in [0.05, 0.1) is 5.69 Å². The molecule has 0 bridgehead atoms. The highest BCUT2D eigenvalue weighted by Crippen LogP contribution is 2.17. The summed E-state index contributed by atoms with van der Waals surface area (Å²) < 4.78 is 1.99. The van der Waals surface area contributed by atoms with E-state index in [4.69, 9.17) is 0 Å². The largest absolute Gasteiger partial charge is 0.359 e. The van der Waals surface area contributed by atoms with Crippen molar-refractivity contribution >= 4 is 11.9 Å². The molecule has 134 valence electrons. The molecule has 1 aliphatic rings. The zero-order valence-corrected chi connectivity index (χ0v) is 15.1. The number of aryl methyl sites for hydroxylation is 2. The number of amides is 3. The van der Waals surface area contributed by atoms with Crippen molar-refractivity contribution in [2.45, 2.75) is 40.2 Å². The third-order valence-electron chi connectivity index (χ3n) is 4.59. The second-order valence-electron chi connectivity index (χ2n) is 6.78. The molecule has 1 aromatic heterocycles. The molecule has 1 aliphatic heterocycles. The summed E-state index contributed by atoms with van der Waals surface area (Å²) in [4.78, 5) is 25.7. The van der Waals surface area contributed by atoms with E-state index in [1.54, 1.807) is 11.9 Å². The van der Waals surface area contributed by atoms with E-state index in [0.717, 1.165) is 30.8 Å². The first kappa shape index (κ1) is 18.3. The summed E-state index contributed by atoms with van der Waals surface area (Å²) >= 11 is 0. The molecule has 0 radical (unpaired) electrons. The molecule has 1 aromatic rings. The highest BCUT2D eigenvalue weighted by atomic mass is 16.2. The van der Waals surface area contributed by atoms with E-state index in [1.807, 2.05) is 18.5 Å². The number of rotatable bonds is 5. The normalized spacial score (nSPS) is 16.8. The lowest BCUT2D eigenvalue weighted by Crippen LogP contribution is -2.47. The maximum atomic E-state index is 12.3. The van der Waals surface area contributed by atoms with E-state index < -0.39 is 0 Å². The number of nitrogens with one attached hydrogen (secondary N) is 2. The monoisotopic (exact) mass is 335 g/mol. The summed E-state index contributed by atoms with van der Waals surface area (Å²) in [6.45, 7) is 8.81. The summed E-state index contributed by atoms with van der Waals surface area (Å²) in [5.41, 5.74) is 2.16. The average Bonchev–Trinajstić information content (AvgIpc) is 2.89. The van der Waals surface area contributed by atoms with Crippen LogP contribution in [0.5, 0.6) is 0 Å². The molecule has 2 rings (SSSR count). The van der Waals surface area contributed by atoms with Gasteiger partial charge in [0, 0.05) is 44.8 Å². The number of nitrogens with zero attached hydrogens (tertiary/aromatic N) is 3. The number of urea groups is 1. The zero-order chi connectivity index (χ0) is 17.7. The number of likely N-dealkylation sites (tertiary alicyclic amines) is 1. The van der Waals surface area contributed by atoms with Gasteiger partial charge < -0.3 is 15.5 Å². The van der Waals surface area contributed by atoms with Crippen molar-refractivity contribution in [2.75, 3.05) is 26.7 Å². The van der Waals surface area contributed by atoms with Crippen molar-refractivity contribution in [2.24, 2.45) is 11.8 Å². The first-order chi connectivity index (χ1) is 11.4. The van der Waals surface area contributed by atoms with Crippen LogP contribution >= 0.6 is 0 Å². The SMILES string of the molecule is CNC(=O)C1CCN(C(=O)NCC(C)Cn2nc(C)cc2C)CC1. The number of aromatic nitrogens is 2. The fourth-order valence-corrected chi connectivity index (χ4v) is 3.14. The quantitative estimate of drug-likeness (QED) is 0.851. The Labute approximate surface area is 143 Å². The van der Waals surface area contributed by atoms with E-state index in [0.29, 0.717) is 25.6 Å². The molecular weight excluding hydrogens is 306 g/mol. The van der Waals surface area contributed by atoms with Crippen LogP contribution in [0.25, 0.3) is 0 Å². The molecule has 3 amide bonds. The van der Waals surface area contributed by atoms with Gasteiger partial charge in [-0.1, -0.05) is 6.92 Å². The second-order valence-corrected chi connectivity index (χ2v) is 6.78. The Morgan fingerprint density at radius 2 is 2.00 bits per heavy atom. The summed E-state index contributed by atoms with van der Waals surface area (Å²) in [7, 11) is 1.66. The molecular formula is C17H29N5O2. The van der Waals surface area contributed by atoms with E-state index in [1.165, 1.54) is 0 Å². The number of carbonyl (C=O) groups excluding carboxylic acids is 2. The Bertz CT molecular complexity index is 576. The van der Waals surface area contributed by atoms with Gasteiger partial charge in [-0.05, 0) is 38.7 Å². The highest BCUT2D eigenvalue weighted by molar-refractivity contribution is 5.79. The Morgan fingerprint density at radius 1 is 1.33 bits per heavy atom. The third kappa shape index (κ3) is 4.72. The van der Waals surface area contributed by atoms with Crippen LogP contribution in [0.1, 0.15) is 31.2 Å². The fraction of sp³-hybridized carbons (Fsp3) is 0.706. The highest BCUT2D eigenvalue weighted by Gasteiger charge is 2.26. The van der Waals surface area contributed by atoms with Crippen molar-refractivity contribution in [1.82, 2.24) is 25.3 Å². The maximum Gasteiger partial charge on any atom is 0.317 e. The molecule has 1 atom stereocenters. The van der Waals surface area contributed by atoms with Crippen LogP contribution in [0.4, 0.5) is 4.79 Å². The summed E-state index contributed by atoms with van der Waals surface area (Å²) in [6, 6.07) is 2.02. The molecule has 0 saturated carbocycles. The molecule has 1 saturated heterocycles. The van der Waals surface area contributed by atoms with Crippen LogP contribution in [0, 0.1) is 25.7 Å². The number of hydrogen-bond donors (Lipinski definition) is 2. The first-order valence-electron chi connectivity index (χ1n) is 8.66. The van der Waals surface area contributed by atoms with Gasteiger partial charge in [-0.25, -0.2) is 4.79 Å². The summed E-state index contributed by atoms with van der Waals surface area (Å²) in [5, 5.41) is 10.1. The lowest BCUT2D eigenvalue weighted by molar-refractivity contribution is -0.125. The summed E-state index contributed by atoms with van der Waals surface area (Å²) in [6.07, 6.45) is 1.46. The molecule has 2 N–H and O–H groups in total. The minimum atomic E-state index is -0.0365. The minimum Gasteiger partial charge on any atom is -0.359 e. The number of hydrogen-bond acceptors (Lipinski definition) is 3. The van der Waals surface area contributed by atoms with Gasteiger partial charge in [0.15, 0.2) is 0 Å². The van der Waals surface area contributed by atoms with E-state index >= 15 is 0 Å². The van der Waals surface area contributed by atoms with E-state index in [-0.39, 0.29) is 17.9 Å². The molecule has 1 unspecified atom stereocenters. The molecule has 2 heterocycles. The van der Waals surface area contributed by atoms with E-state index in [2.05, 4.69) is 28.7 Å². The third-order valence-corrected chi connectivity index (χ3v) is 4.59. The number of carbonyl (C=O) groups is 2. The molecule has 24 heavy (non-hydrogen) atoms. The molecule has 0 spiro atoms. The molecule has 7 nitrogen and oxygen atoms in total. The Hall–Kier alpha value is -2.05. The Kier molecular flexibility index (Phi) is 6.23. The summed E-state index contributed by atoms with van der Waals surface area (Å²) in [5.74, 6) is 0.410. The van der Waals surface area contributed by atoms with Crippen molar-refractivity contribution < 1.29 is 9.59 Å². The van der Waals surface area contributed by atoms with Gasteiger partial charge in [0.1, 0.15) is 0 Å². The van der Waals surface area contributed by atoms with Crippen molar-refractivity contribution in [3.05, 3.63) is 17.5 Å². The average molecular weight is 335 g/mol. The Balaban J connectivity index is 1.73. The van der Waals surface area contributed by atoms with Crippen molar-refractivity contribution in [3.8, 4) is 0 Å². The van der Waals surface area contributed by atoms with Crippen LogP contribution in [0.2, 0.25) is 0 Å². The van der Waals surface area contributed by atoms with Crippen LogP contribution in [0.15, 0.2) is 6.07 Å². The topological polar surface area (TPSA) is 79.3 Å². The zero-order valence-electron chi connectivity index (χ0n) is 15.1. The van der Waals surface area contributed by atoms with Gasteiger partial charge in [-0.15, -0.1) is 0 Å². The smallest absolute Gasteiger partial charge is 0.317 e. The maximum absolute atomic E-state index is 12.3. The van der Waals surface area contributed by atoms with Gasteiger partial charge in [0.25, 0.3) is 0 Å². The predicted molar refractivity (Wildman–Crippen MR) is 92.6 cm³/mol. The van der Waals surface area contributed by atoms with Gasteiger partial charge >= 0.3 is 6.03 Å². The van der Waals surface area contributed by atoms with E-state index in [9.17, 15) is 9.59 Å². The van der Waals surface area contributed by atoms with Crippen LogP contribution in [0.3, 0.4) is 0 Å². The molecule has 0 aliphatic carbocycles. The fourth-order valence-electron chi connectivity index (χ4n) is 3.14. The van der Waals surface area contributed by atoms with Crippen LogP contribution in [-0.4, -0.2) is 53.3 Å². The predicted octanol–water partition coefficient (Wildman–Crippen LogP) is 1.30. The van der Waals surface area contributed by atoms with Gasteiger partial charge in [-0.2, -0.15) is 5.10 Å². The van der Waals surface area contributed by atoms with Crippen LogP contribution < -0.4 is 10.6 Å². The lowest BCUT2D eigenvalue weighted by Gasteiger charge is -2.31. The Morgan fingerprint density at radius 3 is 2.54 bits per heavy atom. The number of piperidine rings is 1. The lowest BCUT2D eigenvalue weighted by atomic mass is 9.96. The van der Waals surface area contributed by atoms with Gasteiger partial charge in [0.2, 0.25) is 5.91 Å². The van der Waals surface area contributed by atoms with Crippen LogP contribution in [-0.2, 0) is 11.3 Å². The van der Waals surface area contributed by atoms with Gasteiger partial charge in [-0.3, -0.25) is 9.48 Å². The first-order valence-corrected chi connectivity index (χ1v) is 8.66. The van der Waals surface area contributed by atoms with Crippen molar-refractivity contribution in [1.29, 1.82) is 0 Å². The standard InChI is InChI=1S/C17H29N5O2/c1-12(11-22-14(3)9-13(2)20-22)10-19-17(24)21-7-5-15(6-8-21)16(23)18-4/h9,12,15H,5-8,10-11H2,1-4H3,(H,18,23)(H,19,24). The molecule has 7 heteroatoms. The molecule has 0 aromatic carbocycles.